The van der Waals surface area contributed by atoms with Gasteiger partial charge in [-0.15, -0.1) is 0 Å². The number of carbonyl (C=O) groups excluding carboxylic acids is 1. The normalized spacial score (nSPS) is 21.2. The van der Waals surface area contributed by atoms with Gasteiger partial charge >= 0.3 is 0 Å². The molecule has 0 spiro atoms. The van der Waals surface area contributed by atoms with Crippen LogP contribution in [0.1, 0.15) is 17.9 Å². The fraction of sp³-hybridized carbons (Fsp3) is 0.556. The van der Waals surface area contributed by atoms with E-state index in [1.165, 1.54) is 0 Å². The Hall–Kier alpha value is -0.830. The molecule has 4 heteroatoms. The van der Waals surface area contributed by atoms with E-state index < -0.39 is 0 Å². The highest BCUT2D eigenvalue weighted by Gasteiger charge is 2.22. The van der Waals surface area contributed by atoms with E-state index in [0.29, 0.717) is 5.15 Å². The molecule has 2 heterocycles. The molecule has 1 atom stereocenters. The van der Waals surface area contributed by atoms with Crippen molar-refractivity contribution in [2.24, 2.45) is 5.92 Å². The van der Waals surface area contributed by atoms with Crippen molar-refractivity contribution in [1.82, 2.24) is 9.55 Å². The number of aromatic nitrogens is 2. The fourth-order valence-corrected chi connectivity index (χ4v) is 2.13. The van der Waals surface area contributed by atoms with Crippen molar-refractivity contribution >= 4 is 17.9 Å². The first-order valence-corrected chi connectivity index (χ1v) is 4.77. The van der Waals surface area contributed by atoms with Crippen LogP contribution in [0, 0.1) is 12.8 Å². The third-order valence-corrected chi connectivity index (χ3v) is 2.88. The van der Waals surface area contributed by atoms with Gasteiger partial charge in [-0.05, 0) is 19.8 Å². The molecule has 0 aliphatic carbocycles. The first-order valence-electron chi connectivity index (χ1n) is 4.39. The molecule has 0 aromatic carbocycles. The van der Waals surface area contributed by atoms with Crippen LogP contribution in [0.5, 0.6) is 0 Å². The predicted molar refractivity (Wildman–Crippen MR) is 49.8 cm³/mol. The van der Waals surface area contributed by atoms with Crippen LogP contribution in [0.2, 0.25) is 5.15 Å². The van der Waals surface area contributed by atoms with Gasteiger partial charge in [-0.25, -0.2) is 4.98 Å². The lowest BCUT2D eigenvalue weighted by Gasteiger charge is -2.20. The molecule has 0 amide bonds. The SMILES string of the molecule is Cc1nc(Cl)c2n1CC(C=O)CC2. The number of halogens is 1. The zero-order valence-electron chi connectivity index (χ0n) is 7.46. The minimum Gasteiger partial charge on any atom is -0.330 e. The van der Waals surface area contributed by atoms with Gasteiger partial charge in [0.15, 0.2) is 5.15 Å². The summed E-state index contributed by atoms with van der Waals surface area (Å²) in [6, 6.07) is 0. The summed E-state index contributed by atoms with van der Waals surface area (Å²) in [6.07, 6.45) is 2.79. The van der Waals surface area contributed by atoms with Crippen molar-refractivity contribution < 1.29 is 4.79 Å². The highest BCUT2D eigenvalue weighted by molar-refractivity contribution is 6.30. The molecule has 70 valence electrons. The number of rotatable bonds is 1. The standard InChI is InChI=1S/C9H11ClN2O/c1-6-11-9(10)8-3-2-7(5-13)4-12(6)8/h5,7H,2-4H2,1H3. The molecular weight excluding hydrogens is 188 g/mol. The maximum absolute atomic E-state index is 10.6. The van der Waals surface area contributed by atoms with Gasteiger partial charge in [0, 0.05) is 12.5 Å². The number of hydrogen-bond acceptors (Lipinski definition) is 2. The Labute approximate surface area is 81.7 Å². The van der Waals surface area contributed by atoms with Crippen LogP contribution in [-0.2, 0) is 17.8 Å². The average Bonchev–Trinajstić information content (AvgIpc) is 2.42. The highest BCUT2D eigenvalue weighted by atomic mass is 35.5. The van der Waals surface area contributed by atoms with Crippen LogP contribution < -0.4 is 0 Å². The topological polar surface area (TPSA) is 34.9 Å². The summed E-state index contributed by atoms with van der Waals surface area (Å²) >= 11 is 5.93. The molecule has 0 fully saturated rings. The molecule has 0 radical (unpaired) electrons. The van der Waals surface area contributed by atoms with Crippen LogP contribution in [0.3, 0.4) is 0 Å². The Morgan fingerprint density at radius 2 is 2.46 bits per heavy atom. The third-order valence-electron chi connectivity index (χ3n) is 2.58. The van der Waals surface area contributed by atoms with Crippen molar-refractivity contribution in [2.75, 3.05) is 0 Å². The molecule has 3 nitrogen and oxygen atoms in total. The molecule has 1 aromatic rings. The number of fused-ring (bicyclic) bond motifs is 1. The van der Waals surface area contributed by atoms with Gasteiger partial charge in [0.1, 0.15) is 12.1 Å². The van der Waals surface area contributed by atoms with Crippen molar-refractivity contribution in [1.29, 1.82) is 0 Å². The Kier molecular flexibility index (Phi) is 2.12. The predicted octanol–water partition coefficient (Wildman–Crippen LogP) is 1.61. The smallest absolute Gasteiger partial charge is 0.150 e. The van der Waals surface area contributed by atoms with Crippen LogP contribution in [0.15, 0.2) is 0 Å². The molecule has 1 unspecified atom stereocenters. The maximum atomic E-state index is 10.6. The molecular formula is C9H11ClN2O. The molecule has 0 saturated heterocycles. The number of carbonyl (C=O) groups is 1. The van der Waals surface area contributed by atoms with Crippen LogP contribution >= 0.6 is 11.6 Å². The van der Waals surface area contributed by atoms with Gasteiger partial charge < -0.3 is 9.36 Å². The van der Waals surface area contributed by atoms with E-state index in [9.17, 15) is 4.79 Å². The molecule has 1 aliphatic heterocycles. The molecule has 1 aliphatic rings. The Morgan fingerprint density at radius 3 is 3.15 bits per heavy atom. The Morgan fingerprint density at radius 1 is 1.69 bits per heavy atom. The van der Waals surface area contributed by atoms with E-state index in [1.807, 2.05) is 11.5 Å². The number of nitrogens with zero attached hydrogens (tertiary/aromatic N) is 2. The third kappa shape index (κ3) is 1.37. The summed E-state index contributed by atoms with van der Waals surface area (Å²) in [5.74, 6) is 1.04. The first kappa shape index (κ1) is 8.75. The summed E-state index contributed by atoms with van der Waals surface area (Å²) < 4.78 is 2.05. The molecule has 1 aromatic heterocycles. The van der Waals surface area contributed by atoms with Crippen LogP contribution in [0.4, 0.5) is 0 Å². The zero-order valence-corrected chi connectivity index (χ0v) is 8.21. The summed E-state index contributed by atoms with van der Waals surface area (Å²) in [4.78, 5) is 14.8. The lowest BCUT2D eigenvalue weighted by Crippen LogP contribution is -2.21. The quantitative estimate of drug-likeness (QED) is 0.643. The maximum Gasteiger partial charge on any atom is 0.150 e. The minimum atomic E-state index is 0.136. The van der Waals surface area contributed by atoms with Crippen molar-refractivity contribution in [3.8, 4) is 0 Å². The van der Waals surface area contributed by atoms with Crippen LogP contribution in [0.25, 0.3) is 0 Å². The number of aldehydes is 1. The summed E-state index contributed by atoms with van der Waals surface area (Å²) in [5.41, 5.74) is 1.08. The van der Waals surface area contributed by atoms with E-state index in [1.54, 1.807) is 0 Å². The number of imidazole rings is 1. The second kappa shape index (κ2) is 3.14. The van der Waals surface area contributed by atoms with E-state index in [4.69, 9.17) is 11.6 Å². The number of hydrogen-bond donors (Lipinski definition) is 0. The average molecular weight is 199 g/mol. The lowest BCUT2D eigenvalue weighted by molar-refractivity contribution is -0.111. The molecule has 2 rings (SSSR count). The van der Waals surface area contributed by atoms with Crippen molar-refractivity contribution in [3.05, 3.63) is 16.7 Å². The van der Waals surface area contributed by atoms with Crippen molar-refractivity contribution in [2.45, 2.75) is 26.3 Å². The van der Waals surface area contributed by atoms with Gasteiger partial charge in [0.25, 0.3) is 0 Å². The van der Waals surface area contributed by atoms with E-state index in [-0.39, 0.29) is 5.92 Å². The van der Waals surface area contributed by atoms with Crippen molar-refractivity contribution in [3.63, 3.8) is 0 Å². The van der Waals surface area contributed by atoms with E-state index in [0.717, 1.165) is 37.2 Å². The Bertz CT molecular complexity index is 346. The monoisotopic (exact) mass is 198 g/mol. The van der Waals surface area contributed by atoms with Gasteiger partial charge in [0.05, 0.1) is 5.69 Å². The van der Waals surface area contributed by atoms with Gasteiger partial charge in [0.2, 0.25) is 0 Å². The molecule has 13 heavy (non-hydrogen) atoms. The second-order valence-electron chi connectivity index (χ2n) is 3.44. The number of aryl methyl sites for hydroxylation is 1. The first-order chi connectivity index (χ1) is 6.22. The summed E-state index contributed by atoms with van der Waals surface area (Å²) in [6.45, 7) is 2.66. The van der Waals surface area contributed by atoms with Gasteiger partial charge in [-0.3, -0.25) is 0 Å². The van der Waals surface area contributed by atoms with E-state index in [2.05, 4.69) is 4.98 Å². The zero-order chi connectivity index (χ0) is 9.42. The lowest BCUT2D eigenvalue weighted by atomic mass is 10.00. The van der Waals surface area contributed by atoms with Gasteiger partial charge in [-0.2, -0.15) is 0 Å². The summed E-state index contributed by atoms with van der Waals surface area (Å²) in [7, 11) is 0. The van der Waals surface area contributed by atoms with Gasteiger partial charge in [-0.1, -0.05) is 11.6 Å². The summed E-state index contributed by atoms with van der Waals surface area (Å²) in [5, 5.41) is 0.599. The molecule has 0 bridgehead atoms. The molecule has 0 N–H and O–H groups in total. The fourth-order valence-electron chi connectivity index (χ4n) is 1.81. The Balaban J connectivity index is 2.38. The minimum absolute atomic E-state index is 0.136. The largest absolute Gasteiger partial charge is 0.330 e. The second-order valence-corrected chi connectivity index (χ2v) is 3.80. The molecule has 0 saturated carbocycles. The van der Waals surface area contributed by atoms with Crippen LogP contribution in [-0.4, -0.2) is 15.8 Å². The van der Waals surface area contributed by atoms with E-state index >= 15 is 0 Å². The highest BCUT2D eigenvalue weighted by Crippen LogP contribution is 2.25.